The number of rotatable bonds is 4. The molecule has 0 aromatic carbocycles. The molecule has 1 saturated heterocycles. The maximum absolute atomic E-state index is 13.0. The number of hydrogen-bond acceptors (Lipinski definition) is 4. The molecule has 1 N–H and O–H groups in total. The zero-order chi connectivity index (χ0) is 17.2. The van der Waals surface area contributed by atoms with Gasteiger partial charge in [0.1, 0.15) is 0 Å². The summed E-state index contributed by atoms with van der Waals surface area (Å²) in [6.45, 7) is 2.72. The fourth-order valence-corrected chi connectivity index (χ4v) is 6.16. The van der Waals surface area contributed by atoms with E-state index in [4.69, 9.17) is 0 Å². The van der Waals surface area contributed by atoms with Gasteiger partial charge in [0.15, 0.2) is 0 Å². The third-order valence-electron chi connectivity index (χ3n) is 5.44. The van der Waals surface area contributed by atoms with Crippen molar-refractivity contribution < 1.29 is 13.2 Å². The zero-order valence-corrected chi connectivity index (χ0v) is 14.9. The van der Waals surface area contributed by atoms with Crippen LogP contribution in [0.15, 0.2) is 24.5 Å². The predicted molar refractivity (Wildman–Crippen MR) is 91.6 cm³/mol. The Morgan fingerprint density at radius 1 is 1.42 bits per heavy atom. The van der Waals surface area contributed by atoms with Gasteiger partial charge < -0.3 is 5.32 Å². The molecular weight excluding hydrogens is 326 g/mol. The number of nitrogens with zero attached hydrogens (tertiary/aromatic N) is 2. The van der Waals surface area contributed by atoms with Crippen molar-refractivity contribution in [2.24, 2.45) is 5.41 Å². The lowest BCUT2D eigenvalue weighted by molar-refractivity contribution is -0.137. The Hall–Kier alpha value is -1.47. The van der Waals surface area contributed by atoms with Gasteiger partial charge in [-0.2, -0.15) is 4.31 Å². The van der Waals surface area contributed by atoms with Gasteiger partial charge in [0.25, 0.3) is 0 Å². The maximum Gasteiger partial charge on any atom is 0.228 e. The van der Waals surface area contributed by atoms with Gasteiger partial charge in [-0.25, -0.2) is 8.42 Å². The second-order valence-electron chi connectivity index (χ2n) is 6.73. The summed E-state index contributed by atoms with van der Waals surface area (Å²) in [5.74, 6) is 0.0573. The smallest absolute Gasteiger partial charge is 0.228 e. The molecule has 2 aliphatic rings. The molecule has 132 valence electrons. The molecule has 0 unspecified atom stereocenters. The number of pyridine rings is 1. The molecule has 3 rings (SSSR count). The summed E-state index contributed by atoms with van der Waals surface area (Å²) < 4.78 is 26.4. The normalized spacial score (nSPS) is 29.6. The summed E-state index contributed by atoms with van der Waals surface area (Å²) in [5.41, 5.74) is 0.368. The van der Waals surface area contributed by atoms with Crippen LogP contribution in [-0.4, -0.2) is 42.0 Å². The number of fused-ring (bicyclic) bond motifs is 1. The van der Waals surface area contributed by atoms with Crippen LogP contribution in [0.2, 0.25) is 0 Å². The Balaban J connectivity index is 1.81. The van der Waals surface area contributed by atoms with Crippen LogP contribution < -0.4 is 5.32 Å². The van der Waals surface area contributed by atoms with E-state index in [0.717, 1.165) is 31.2 Å². The molecule has 0 radical (unpaired) electrons. The van der Waals surface area contributed by atoms with Crippen molar-refractivity contribution in [2.45, 2.75) is 51.6 Å². The van der Waals surface area contributed by atoms with E-state index in [1.165, 1.54) is 0 Å². The Morgan fingerprint density at radius 3 is 2.96 bits per heavy atom. The summed E-state index contributed by atoms with van der Waals surface area (Å²) in [7, 11) is -3.24. The number of carbonyl (C=O) groups excluding carboxylic acids is 1. The summed E-state index contributed by atoms with van der Waals surface area (Å²) in [5, 5.41) is 3.03. The van der Waals surface area contributed by atoms with E-state index >= 15 is 0 Å². The molecule has 2 atom stereocenters. The van der Waals surface area contributed by atoms with Crippen molar-refractivity contribution in [3.63, 3.8) is 0 Å². The topological polar surface area (TPSA) is 79.4 Å². The van der Waals surface area contributed by atoms with Crippen molar-refractivity contribution in [3.05, 3.63) is 30.1 Å². The second kappa shape index (κ2) is 6.80. The van der Waals surface area contributed by atoms with Gasteiger partial charge in [0.05, 0.1) is 11.2 Å². The molecule has 0 bridgehead atoms. The van der Waals surface area contributed by atoms with Crippen molar-refractivity contribution in [1.29, 1.82) is 0 Å². The minimum Gasteiger partial charge on any atom is -0.351 e. The SMILES string of the molecule is CCN1[C@@H]2CCCC[C@@]2(C(=O)NCc2cccnc2)CCS1(=O)=O. The monoisotopic (exact) mass is 351 g/mol. The molecular formula is C17H25N3O3S. The van der Waals surface area contributed by atoms with E-state index in [1.807, 2.05) is 19.1 Å². The van der Waals surface area contributed by atoms with Gasteiger partial charge in [-0.1, -0.05) is 25.8 Å². The first-order valence-corrected chi connectivity index (χ1v) is 10.3. The van der Waals surface area contributed by atoms with Gasteiger partial charge in [-0.15, -0.1) is 0 Å². The average Bonchev–Trinajstić information content (AvgIpc) is 2.60. The Bertz CT molecular complexity index is 692. The third-order valence-corrected chi connectivity index (χ3v) is 7.39. The summed E-state index contributed by atoms with van der Waals surface area (Å²) in [6, 6.07) is 3.56. The highest BCUT2D eigenvalue weighted by Gasteiger charge is 2.54. The number of hydrogen-bond donors (Lipinski definition) is 1. The quantitative estimate of drug-likeness (QED) is 0.895. The van der Waals surface area contributed by atoms with Gasteiger partial charge in [-0.3, -0.25) is 9.78 Å². The lowest BCUT2D eigenvalue weighted by Gasteiger charge is -2.50. The predicted octanol–water partition coefficient (Wildman–Crippen LogP) is 1.68. The van der Waals surface area contributed by atoms with Crippen LogP contribution in [0.5, 0.6) is 0 Å². The van der Waals surface area contributed by atoms with Crippen molar-refractivity contribution in [3.8, 4) is 0 Å². The van der Waals surface area contributed by atoms with Crippen LogP contribution >= 0.6 is 0 Å². The largest absolute Gasteiger partial charge is 0.351 e. The highest BCUT2D eigenvalue weighted by molar-refractivity contribution is 7.89. The van der Waals surface area contributed by atoms with E-state index < -0.39 is 15.4 Å². The van der Waals surface area contributed by atoms with Crippen LogP contribution in [0, 0.1) is 5.41 Å². The molecule has 24 heavy (non-hydrogen) atoms. The van der Waals surface area contributed by atoms with Gasteiger partial charge in [-0.05, 0) is 30.9 Å². The molecule has 1 aromatic rings. The number of carbonyl (C=O) groups is 1. The number of nitrogens with one attached hydrogen (secondary N) is 1. The van der Waals surface area contributed by atoms with Gasteiger partial charge in [0.2, 0.25) is 15.9 Å². The summed E-state index contributed by atoms with van der Waals surface area (Å²) in [6.07, 6.45) is 7.36. The molecule has 0 spiro atoms. The first kappa shape index (κ1) is 17.4. The fourth-order valence-electron chi connectivity index (χ4n) is 4.21. The molecule has 2 fully saturated rings. The first-order valence-electron chi connectivity index (χ1n) is 8.66. The van der Waals surface area contributed by atoms with Crippen molar-refractivity contribution in [1.82, 2.24) is 14.6 Å². The summed E-state index contributed by atoms with van der Waals surface area (Å²) >= 11 is 0. The van der Waals surface area contributed by atoms with Crippen LogP contribution in [0.3, 0.4) is 0 Å². The Morgan fingerprint density at radius 2 is 2.25 bits per heavy atom. The van der Waals surface area contributed by atoms with Gasteiger partial charge >= 0.3 is 0 Å². The lowest BCUT2D eigenvalue weighted by atomic mass is 9.67. The molecule has 2 heterocycles. The van der Waals surface area contributed by atoms with E-state index in [9.17, 15) is 13.2 Å². The highest BCUT2D eigenvalue weighted by Crippen LogP contribution is 2.46. The second-order valence-corrected chi connectivity index (χ2v) is 8.77. The lowest BCUT2D eigenvalue weighted by Crippen LogP contribution is -2.62. The van der Waals surface area contributed by atoms with Crippen LogP contribution in [-0.2, 0) is 21.4 Å². The van der Waals surface area contributed by atoms with E-state index in [0.29, 0.717) is 19.5 Å². The number of amides is 1. The maximum atomic E-state index is 13.0. The average molecular weight is 351 g/mol. The molecule has 1 aliphatic carbocycles. The molecule has 1 aliphatic heterocycles. The zero-order valence-electron chi connectivity index (χ0n) is 14.1. The molecule has 1 amide bonds. The molecule has 7 heteroatoms. The fraction of sp³-hybridized carbons (Fsp3) is 0.647. The van der Waals surface area contributed by atoms with Crippen LogP contribution in [0.1, 0.15) is 44.6 Å². The van der Waals surface area contributed by atoms with Crippen molar-refractivity contribution >= 4 is 15.9 Å². The number of sulfonamides is 1. The Kier molecular flexibility index (Phi) is 4.92. The molecule has 6 nitrogen and oxygen atoms in total. The Labute approximate surface area is 143 Å². The van der Waals surface area contributed by atoms with Crippen molar-refractivity contribution in [2.75, 3.05) is 12.3 Å². The van der Waals surface area contributed by atoms with E-state index in [2.05, 4.69) is 10.3 Å². The molecule has 1 aromatic heterocycles. The van der Waals surface area contributed by atoms with Crippen LogP contribution in [0.4, 0.5) is 0 Å². The van der Waals surface area contributed by atoms with E-state index in [1.54, 1.807) is 16.7 Å². The minimum atomic E-state index is -3.24. The highest BCUT2D eigenvalue weighted by atomic mass is 32.2. The third kappa shape index (κ3) is 3.07. The van der Waals surface area contributed by atoms with Gasteiger partial charge in [0, 0.05) is 31.5 Å². The van der Waals surface area contributed by atoms with E-state index in [-0.39, 0.29) is 17.7 Å². The summed E-state index contributed by atoms with van der Waals surface area (Å²) in [4.78, 5) is 17.1. The molecule has 1 saturated carbocycles. The first-order chi connectivity index (χ1) is 11.5. The standard InChI is InChI=1S/C17H25N3O3S/c1-2-20-15-7-3-4-8-17(15,9-11-24(20,22)23)16(21)19-13-14-6-5-10-18-12-14/h5-6,10,12,15H,2-4,7-9,11,13H2,1H3,(H,19,21)/t15-,17-/m1/s1. The minimum absolute atomic E-state index is 0.00981. The van der Waals surface area contributed by atoms with Crippen LogP contribution in [0.25, 0.3) is 0 Å². The number of aromatic nitrogens is 1.